The first-order valence-corrected chi connectivity index (χ1v) is 6.78. The Balaban J connectivity index is 2.24. The fourth-order valence-corrected chi connectivity index (χ4v) is 2.29. The van der Waals surface area contributed by atoms with Crippen molar-refractivity contribution in [1.29, 1.82) is 0 Å². The van der Waals surface area contributed by atoms with E-state index in [-0.39, 0.29) is 16.3 Å². The average Bonchev–Trinajstić information content (AvgIpc) is 2.86. The lowest BCUT2D eigenvalue weighted by molar-refractivity contribution is -0.384. The number of aryl methyl sites for hydroxylation is 1. The van der Waals surface area contributed by atoms with Gasteiger partial charge >= 0.3 is 0 Å². The molecule has 0 atom stereocenters. The fourth-order valence-electron chi connectivity index (χ4n) is 1.41. The van der Waals surface area contributed by atoms with Crippen LogP contribution in [0.5, 0.6) is 0 Å². The van der Waals surface area contributed by atoms with Crippen LogP contribution in [0.4, 0.5) is 10.8 Å². The van der Waals surface area contributed by atoms with E-state index in [0.29, 0.717) is 11.6 Å². The average molecular weight is 313 g/mol. The molecule has 0 unspecified atom stereocenters. The molecule has 20 heavy (non-hydrogen) atoms. The highest BCUT2D eigenvalue weighted by atomic mass is 35.5. The number of nitrogens with one attached hydrogen (secondary N) is 1. The minimum atomic E-state index is -0.590. The molecule has 0 saturated carbocycles. The fraction of sp³-hybridized carbons (Fsp3) is 0.182. The first-order chi connectivity index (χ1) is 9.51. The Bertz CT molecular complexity index is 673. The summed E-state index contributed by atoms with van der Waals surface area (Å²) in [7, 11) is 0. The van der Waals surface area contributed by atoms with Crippen molar-refractivity contribution in [3.63, 3.8) is 0 Å². The third-order valence-corrected chi connectivity index (χ3v) is 3.71. The van der Waals surface area contributed by atoms with Gasteiger partial charge in [0.2, 0.25) is 5.13 Å². The highest BCUT2D eigenvalue weighted by Crippen LogP contribution is 2.24. The number of carbonyl (C=O) groups excluding carboxylic acids is 1. The van der Waals surface area contributed by atoms with E-state index in [1.807, 2.05) is 6.92 Å². The summed E-state index contributed by atoms with van der Waals surface area (Å²) in [6, 6.07) is 3.67. The summed E-state index contributed by atoms with van der Waals surface area (Å²) in [5.74, 6) is -0.558. The van der Waals surface area contributed by atoms with Crippen LogP contribution in [0.15, 0.2) is 18.2 Å². The van der Waals surface area contributed by atoms with Crippen LogP contribution in [0, 0.1) is 10.1 Å². The minimum absolute atomic E-state index is 0.0223. The van der Waals surface area contributed by atoms with Gasteiger partial charge in [0.15, 0.2) is 0 Å². The summed E-state index contributed by atoms with van der Waals surface area (Å²) in [6.45, 7) is 1.92. The molecule has 104 valence electrons. The number of aromatic nitrogens is 2. The topological polar surface area (TPSA) is 98.0 Å². The minimum Gasteiger partial charge on any atom is -0.296 e. The first kappa shape index (κ1) is 14.4. The Morgan fingerprint density at radius 2 is 2.25 bits per heavy atom. The van der Waals surface area contributed by atoms with E-state index in [1.54, 1.807) is 0 Å². The second-order valence-corrected chi connectivity index (χ2v) is 5.20. The standard InChI is InChI=1S/C11H9ClN4O3S/c1-2-9-14-15-11(20-9)13-10(17)7-5-6(16(18)19)3-4-8(7)12/h3-5H,2H2,1H3,(H,13,15,17). The van der Waals surface area contributed by atoms with Crippen molar-refractivity contribution in [3.8, 4) is 0 Å². The highest BCUT2D eigenvalue weighted by molar-refractivity contribution is 7.15. The van der Waals surface area contributed by atoms with Gasteiger partial charge in [-0.3, -0.25) is 20.2 Å². The molecule has 0 spiro atoms. The lowest BCUT2D eigenvalue weighted by atomic mass is 10.2. The molecule has 2 aromatic rings. The van der Waals surface area contributed by atoms with Crippen molar-refractivity contribution in [3.05, 3.63) is 43.9 Å². The van der Waals surface area contributed by atoms with Crippen molar-refractivity contribution in [2.45, 2.75) is 13.3 Å². The number of hydrogen-bond acceptors (Lipinski definition) is 6. The largest absolute Gasteiger partial charge is 0.296 e. The number of nitro benzene ring substituents is 1. The van der Waals surface area contributed by atoms with Crippen LogP contribution in [0.3, 0.4) is 0 Å². The zero-order valence-corrected chi connectivity index (χ0v) is 11.9. The van der Waals surface area contributed by atoms with Crippen molar-refractivity contribution >= 4 is 39.7 Å². The predicted octanol–water partition coefficient (Wildman–Crippen LogP) is 2.91. The second-order valence-electron chi connectivity index (χ2n) is 3.73. The van der Waals surface area contributed by atoms with Crippen LogP contribution in [0.1, 0.15) is 22.3 Å². The highest BCUT2D eigenvalue weighted by Gasteiger charge is 2.17. The Labute approximate surface area is 122 Å². The third-order valence-electron chi connectivity index (χ3n) is 2.40. The molecule has 9 heteroatoms. The number of hydrogen-bond donors (Lipinski definition) is 1. The lowest BCUT2D eigenvalue weighted by Crippen LogP contribution is -2.12. The summed E-state index contributed by atoms with van der Waals surface area (Å²) in [5, 5.41) is 22.1. The molecule has 0 aliphatic heterocycles. The molecule has 2 rings (SSSR count). The van der Waals surface area contributed by atoms with Gasteiger partial charge in [-0.05, 0) is 12.5 Å². The molecule has 1 amide bonds. The molecule has 0 aliphatic carbocycles. The number of nitro groups is 1. The smallest absolute Gasteiger partial charge is 0.270 e. The number of nitrogens with zero attached hydrogens (tertiary/aromatic N) is 3. The summed E-state index contributed by atoms with van der Waals surface area (Å²) in [5.41, 5.74) is -0.180. The maximum atomic E-state index is 12.0. The zero-order valence-electron chi connectivity index (χ0n) is 10.3. The van der Waals surface area contributed by atoms with Crippen molar-refractivity contribution in [1.82, 2.24) is 10.2 Å². The van der Waals surface area contributed by atoms with Gasteiger partial charge in [0, 0.05) is 12.1 Å². The summed E-state index contributed by atoms with van der Waals surface area (Å²) >= 11 is 7.12. The Morgan fingerprint density at radius 1 is 1.50 bits per heavy atom. The molecule has 1 aromatic heterocycles. The van der Waals surface area contributed by atoms with Gasteiger partial charge < -0.3 is 0 Å². The molecular weight excluding hydrogens is 304 g/mol. The van der Waals surface area contributed by atoms with Gasteiger partial charge in [-0.15, -0.1) is 10.2 Å². The molecule has 0 bridgehead atoms. The van der Waals surface area contributed by atoms with Crippen LogP contribution < -0.4 is 5.32 Å². The van der Waals surface area contributed by atoms with E-state index >= 15 is 0 Å². The van der Waals surface area contributed by atoms with E-state index < -0.39 is 10.8 Å². The third kappa shape index (κ3) is 3.09. The van der Waals surface area contributed by atoms with Gasteiger partial charge in [0.1, 0.15) is 5.01 Å². The number of benzene rings is 1. The number of rotatable bonds is 4. The number of halogens is 1. The number of carbonyl (C=O) groups is 1. The number of non-ortho nitro benzene ring substituents is 1. The van der Waals surface area contributed by atoms with Gasteiger partial charge in [-0.25, -0.2) is 0 Å². The Hall–Kier alpha value is -2.06. The second kappa shape index (κ2) is 5.93. The first-order valence-electron chi connectivity index (χ1n) is 5.59. The molecule has 1 N–H and O–H groups in total. The van der Waals surface area contributed by atoms with Crippen molar-refractivity contribution < 1.29 is 9.72 Å². The summed E-state index contributed by atoms with van der Waals surface area (Å²) in [6.07, 6.45) is 0.713. The predicted molar refractivity (Wildman–Crippen MR) is 75.3 cm³/mol. The molecule has 0 saturated heterocycles. The maximum Gasteiger partial charge on any atom is 0.270 e. The Morgan fingerprint density at radius 3 is 2.85 bits per heavy atom. The molecular formula is C11H9ClN4O3S. The van der Waals surface area contributed by atoms with Crippen LogP contribution >= 0.6 is 22.9 Å². The zero-order chi connectivity index (χ0) is 14.7. The van der Waals surface area contributed by atoms with E-state index in [4.69, 9.17) is 11.6 Å². The lowest BCUT2D eigenvalue weighted by Gasteiger charge is -2.03. The molecule has 0 radical (unpaired) electrons. The number of anilines is 1. The van der Waals surface area contributed by atoms with Crippen molar-refractivity contribution in [2.24, 2.45) is 0 Å². The van der Waals surface area contributed by atoms with Crippen molar-refractivity contribution in [2.75, 3.05) is 5.32 Å². The molecule has 1 aromatic carbocycles. The van der Waals surface area contributed by atoms with Gasteiger partial charge in [-0.2, -0.15) is 0 Å². The molecule has 7 nitrogen and oxygen atoms in total. The molecule has 1 heterocycles. The van der Waals surface area contributed by atoms with Crippen LogP contribution in [-0.4, -0.2) is 21.0 Å². The monoisotopic (exact) mass is 312 g/mol. The van der Waals surface area contributed by atoms with Crippen LogP contribution in [0.2, 0.25) is 5.02 Å². The van der Waals surface area contributed by atoms with Gasteiger partial charge in [0.25, 0.3) is 11.6 Å². The van der Waals surface area contributed by atoms with E-state index in [9.17, 15) is 14.9 Å². The van der Waals surface area contributed by atoms with Gasteiger partial charge in [0.05, 0.1) is 15.5 Å². The SMILES string of the molecule is CCc1nnc(NC(=O)c2cc([N+](=O)[O-])ccc2Cl)s1. The molecule has 0 fully saturated rings. The van der Waals surface area contributed by atoms with E-state index in [1.165, 1.54) is 23.5 Å². The van der Waals surface area contributed by atoms with E-state index in [2.05, 4.69) is 15.5 Å². The Kier molecular flexibility index (Phi) is 4.26. The molecule has 0 aliphatic rings. The summed E-state index contributed by atoms with van der Waals surface area (Å²) in [4.78, 5) is 22.1. The quantitative estimate of drug-likeness (QED) is 0.691. The van der Waals surface area contributed by atoms with Crippen LogP contribution in [0.25, 0.3) is 0 Å². The van der Waals surface area contributed by atoms with E-state index in [0.717, 1.165) is 11.1 Å². The van der Waals surface area contributed by atoms with Gasteiger partial charge in [-0.1, -0.05) is 29.9 Å². The van der Waals surface area contributed by atoms with Crippen LogP contribution in [-0.2, 0) is 6.42 Å². The summed E-state index contributed by atoms with van der Waals surface area (Å²) < 4.78 is 0. The normalized spacial score (nSPS) is 10.3. The maximum absolute atomic E-state index is 12.0. The number of amides is 1.